The van der Waals surface area contributed by atoms with Crippen molar-refractivity contribution in [1.29, 1.82) is 0 Å². The quantitative estimate of drug-likeness (QED) is 0.341. The Morgan fingerprint density at radius 1 is 1.11 bits per heavy atom. The maximum atomic E-state index is 13.0. The van der Waals surface area contributed by atoms with Crippen LogP contribution in [0.2, 0.25) is 0 Å². The van der Waals surface area contributed by atoms with Crippen LogP contribution >= 0.6 is 0 Å². The van der Waals surface area contributed by atoms with Crippen molar-refractivity contribution in [1.82, 2.24) is 10.4 Å². The Hall–Kier alpha value is -4.49. The molecule has 2 N–H and O–H groups in total. The van der Waals surface area contributed by atoms with Crippen molar-refractivity contribution in [2.45, 2.75) is 12.6 Å². The van der Waals surface area contributed by atoms with Gasteiger partial charge in [0.1, 0.15) is 0 Å². The minimum atomic E-state index is -4.70. The van der Waals surface area contributed by atoms with Crippen molar-refractivity contribution in [3.05, 3.63) is 69.8 Å². The van der Waals surface area contributed by atoms with Gasteiger partial charge in [0.05, 0.1) is 28.6 Å². The number of anilines is 1. The smallest absolute Gasteiger partial charge is 0.418 e. The van der Waals surface area contributed by atoms with Gasteiger partial charge in [-0.1, -0.05) is 12.1 Å². The molecular formula is C21H17F3N4O7. The minimum Gasteiger partial charge on any atom is -0.455 e. The summed E-state index contributed by atoms with van der Waals surface area (Å²) in [5, 5.41) is 13.6. The molecule has 35 heavy (non-hydrogen) atoms. The van der Waals surface area contributed by atoms with Crippen molar-refractivity contribution < 1.29 is 42.0 Å². The molecule has 0 aromatic heterocycles. The Kier molecular flexibility index (Phi) is 7.32. The third kappa shape index (κ3) is 6.31. The SMILES string of the molecule is O=C(COC(=O)[C@H]1CC(=O)N(NC(=O)c2ccc([N+](=O)[O-])cc2)C1)Nc1ccccc1C(F)(F)F. The number of nitro groups is 1. The van der Waals surface area contributed by atoms with Gasteiger partial charge < -0.3 is 10.1 Å². The van der Waals surface area contributed by atoms with Crippen molar-refractivity contribution in [2.75, 3.05) is 18.5 Å². The van der Waals surface area contributed by atoms with Crippen LogP contribution in [0.4, 0.5) is 24.5 Å². The molecule has 2 aromatic carbocycles. The summed E-state index contributed by atoms with van der Waals surface area (Å²) >= 11 is 0. The number of hydrazine groups is 1. The van der Waals surface area contributed by atoms with Gasteiger partial charge in [-0.05, 0) is 24.3 Å². The van der Waals surface area contributed by atoms with Crippen molar-refractivity contribution in [3.63, 3.8) is 0 Å². The number of alkyl halides is 3. The van der Waals surface area contributed by atoms with Gasteiger partial charge in [-0.25, -0.2) is 0 Å². The number of non-ortho nitro benzene ring substituents is 1. The van der Waals surface area contributed by atoms with Gasteiger partial charge >= 0.3 is 12.1 Å². The van der Waals surface area contributed by atoms with Crippen LogP contribution in [0, 0.1) is 16.0 Å². The molecule has 0 unspecified atom stereocenters. The van der Waals surface area contributed by atoms with Gasteiger partial charge in [-0.15, -0.1) is 0 Å². The molecule has 0 radical (unpaired) electrons. The Bertz CT molecular complexity index is 1170. The summed E-state index contributed by atoms with van der Waals surface area (Å²) in [4.78, 5) is 58.7. The highest BCUT2D eigenvalue weighted by Crippen LogP contribution is 2.34. The molecule has 0 aliphatic carbocycles. The molecule has 14 heteroatoms. The van der Waals surface area contributed by atoms with Crippen molar-refractivity contribution >= 4 is 35.1 Å². The first-order chi connectivity index (χ1) is 16.5. The van der Waals surface area contributed by atoms with E-state index >= 15 is 0 Å². The van der Waals surface area contributed by atoms with Crippen LogP contribution in [-0.4, -0.2) is 46.8 Å². The van der Waals surface area contributed by atoms with E-state index in [2.05, 4.69) is 5.43 Å². The van der Waals surface area contributed by atoms with E-state index in [4.69, 9.17) is 4.74 Å². The third-order valence-electron chi connectivity index (χ3n) is 4.89. The van der Waals surface area contributed by atoms with E-state index in [-0.39, 0.29) is 24.2 Å². The predicted molar refractivity (Wildman–Crippen MR) is 111 cm³/mol. The number of nitrogens with zero attached hydrogens (tertiary/aromatic N) is 2. The molecule has 11 nitrogen and oxygen atoms in total. The molecule has 1 heterocycles. The Morgan fingerprint density at radius 3 is 2.40 bits per heavy atom. The molecule has 0 spiro atoms. The lowest BCUT2D eigenvalue weighted by atomic mass is 10.1. The number of hydrogen-bond acceptors (Lipinski definition) is 7. The summed E-state index contributed by atoms with van der Waals surface area (Å²) in [6.07, 6.45) is -5.04. The second-order valence-corrected chi connectivity index (χ2v) is 7.35. The molecule has 0 bridgehead atoms. The van der Waals surface area contributed by atoms with E-state index in [0.29, 0.717) is 0 Å². The summed E-state index contributed by atoms with van der Waals surface area (Å²) in [5.74, 6) is -4.36. The second kappa shape index (κ2) is 10.2. The van der Waals surface area contributed by atoms with Crippen LogP contribution in [0.1, 0.15) is 22.3 Å². The highest BCUT2D eigenvalue weighted by Gasteiger charge is 2.37. The molecule has 1 aliphatic heterocycles. The number of amides is 3. The highest BCUT2D eigenvalue weighted by atomic mass is 19.4. The molecular weight excluding hydrogens is 477 g/mol. The van der Waals surface area contributed by atoms with Crippen LogP contribution in [0.25, 0.3) is 0 Å². The van der Waals surface area contributed by atoms with Crippen LogP contribution < -0.4 is 10.7 Å². The first-order valence-corrected chi connectivity index (χ1v) is 9.94. The normalized spacial score (nSPS) is 15.5. The number of carbonyl (C=O) groups excluding carboxylic acids is 4. The lowest BCUT2D eigenvalue weighted by Crippen LogP contribution is -2.43. The number of halogens is 3. The van der Waals surface area contributed by atoms with Gasteiger partial charge in [-0.3, -0.25) is 39.7 Å². The molecule has 3 amide bonds. The number of benzene rings is 2. The summed E-state index contributed by atoms with van der Waals surface area (Å²) in [6.45, 7) is -1.15. The Balaban J connectivity index is 1.51. The fraction of sp³-hybridized carbons (Fsp3) is 0.238. The number of esters is 1. The second-order valence-electron chi connectivity index (χ2n) is 7.35. The van der Waals surface area contributed by atoms with E-state index in [1.54, 1.807) is 0 Å². The van der Waals surface area contributed by atoms with Gasteiger partial charge in [0, 0.05) is 24.1 Å². The maximum absolute atomic E-state index is 13.0. The van der Waals surface area contributed by atoms with E-state index in [1.807, 2.05) is 5.32 Å². The van der Waals surface area contributed by atoms with E-state index in [1.165, 1.54) is 18.2 Å². The lowest BCUT2D eigenvalue weighted by Gasteiger charge is -2.17. The van der Waals surface area contributed by atoms with Crippen LogP contribution in [-0.2, 0) is 25.3 Å². The number of nitrogens with one attached hydrogen (secondary N) is 2. The van der Waals surface area contributed by atoms with E-state index in [0.717, 1.165) is 35.3 Å². The largest absolute Gasteiger partial charge is 0.455 e. The van der Waals surface area contributed by atoms with Gasteiger partial charge in [0.2, 0.25) is 5.91 Å². The average Bonchev–Trinajstić information content (AvgIpc) is 3.17. The van der Waals surface area contributed by atoms with E-state index in [9.17, 15) is 42.5 Å². The zero-order valence-electron chi connectivity index (χ0n) is 17.7. The summed E-state index contributed by atoms with van der Waals surface area (Å²) < 4.78 is 43.8. The fourth-order valence-electron chi connectivity index (χ4n) is 3.18. The van der Waals surface area contributed by atoms with Crippen LogP contribution in [0.15, 0.2) is 48.5 Å². The van der Waals surface area contributed by atoms with E-state index < -0.39 is 58.6 Å². The zero-order chi connectivity index (χ0) is 25.8. The molecule has 1 saturated heterocycles. The molecule has 1 aliphatic rings. The molecule has 3 rings (SSSR count). The highest BCUT2D eigenvalue weighted by molar-refractivity contribution is 5.97. The number of rotatable bonds is 7. The minimum absolute atomic E-state index is 0.0326. The fourth-order valence-corrected chi connectivity index (χ4v) is 3.18. The summed E-state index contributed by atoms with van der Waals surface area (Å²) in [5.41, 5.74) is 0.510. The third-order valence-corrected chi connectivity index (χ3v) is 4.89. The summed E-state index contributed by atoms with van der Waals surface area (Å²) in [6, 6.07) is 8.88. The van der Waals surface area contributed by atoms with Crippen molar-refractivity contribution in [3.8, 4) is 0 Å². The first kappa shape index (κ1) is 25.1. The number of hydrogen-bond donors (Lipinski definition) is 2. The lowest BCUT2D eigenvalue weighted by molar-refractivity contribution is -0.384. The monoisotopic (exact) mass is 494 g/mol. The standard InChI is InChI=1S/C21H17F3N4O7/c22-21(23,24)15-3-1-2-4-16(15)25-17(29)11-35-20(32)13-9-18(30)27(10-13)26-19(31)12-5-7-14(8-6-12)28(33)34/h1-8,13H,9-11H2,(H,25,29)(H,26,31)/t13-/m0/s1. The van der Waals surface area contributed by atoms with Gasteiger partial charge in [0.25, 0.3) is 17.5 Å². The summed E-state index contributed by atoms with van der Waals surface area (Å²) in [7, 11) is 0. The van der Waals surface area contributed by atoms with Crippen LogP contribution in [0.5, 0.6) is 0 Å². The van der Waals surface area contributed by atoms with Gasteiger partial charge in [0.15, 0.2) is 6.61 Å². The molecule has 184 valence electrons. The Morgan fingerprint density at radius 2 is 1.77 bits per heavy atom. The molecule has 2 aromatic rings. The topological polar surface area (TPSA) is 148 Å². The molecule has 1 atom stereocenters. The van der Waals surface area contributed by atoms with Crippen LogP contribution in [0.3, 0.4) is 0 Å². The number of carbonyl (C=O) groups is 4. The average molecular weight is 494 g/mol. The zero-order valence-corrected chi connectivity index (χ0v) is 17.7. The molecule has 1 fully saturated rings. The van der Waals surface area contributed by atoms with Crippen molar-refractivity contribution in [2.24, 2.45) is 5.92 Å². The number of nitro benzene ring substituents is 1. The maximum Gasteiger partial charge on any atom is 0.418 e. The number of para-hydroxylation sites is 1. The Labute approximate surface area is 195 Å². The first-order valence-electron chi connectivity index (χ1n) is 9.94. The van der Waals surface area contributed by atoms with Gasteiger partial charge in [-0.2, -0.15) is 13.2 Å². The number of ether oxygens (including phenoxy) is 1. The predicted octanol–water partition coefficient (Wildman–Crippen LogP) is 2.29. The molecule has 0 saturated carbocycles.